The molecule has 1 aromatic heterocycles. The first kappa shape index (κ1) is 22.0. The zero-order valence-electron chi connectivity index (χ0n) is 17.6. The van der Waals surface area contributed by atoms with Gasteiger partial charge in [0.15, 0.2) is 6.61 Å². The first-order valence-corrected chi connectivity index (χ1v) is 10.2. The maximum Gasteiger partial charge on any atom is 0.339 e. The zero-order valence-corrected chi connectivity index (χ0v) is 17.6. The van der Waals surface area contributed by atoms with E-state index in [-0.39, 0.29) is 12.5 Å². The summed E-state index contributed by atoms with van der Waals surface area (Å²) in [5, 5.41) is 5.76. The number of fused-ring (bicyclic) bond motifs is 1. The van der Waals surface area contributed by atoms with E-state index >= 15 is 0 Å². The number of carbonyl (C=O) groups is 3. The van der Waals surface area contributed by atoms with Gasteiger partial charge >= 0.3 is 5.97 Å². The number of nitrogens with one attached hydrogen (secondary N) is 2. The molecule has 7 nitrogen and oxygen atoms in total. The smallest absolute Gasteiger partial charge is 0.339 e. The highest BCUT2D eigenvalue weighted by Gasteiger charge is 2.21. The van der Waals surface area contributed by atoms with Crippen molar-refractivity contribution in [3.63, 3.8) is 0 Å². The van der Waals surface area contributed by atoms with Crippen LogP contribution in [0.4, 0.5) is 0 Å². The Hall–Kier alpha value is -3.74. The van der Waals surface area contributed by atoms with Crippen LogP contribution < -0.4 is 10.6 Å². The molecule has 0 aliphatic carbocycles. The van der Waals surface area contributed by atoms with Gasteiger partial charge in [-0.05, 0) is 25.0 Å². The lowest BCUT2D eigenvalue weighted by atomic mass is 9.98. The average molecular weight is 419 g/mol. The predicted molar refractivity (Wildman–Crippen MR) is 119 cm³/mol. The fourth-order valence-corrected chi connectivity index (χ4v) is 3.21. The highest BCUT2D eigenvalue weighted by atomic mass is 16.5. The summed E-state index contributed by atoms with van der Waals surface area (Å²) in [6.07, 6.45) is 0.807. The van der Waals surface area contributed by atoms with E-state index in [0.717, 1.165) is 12.0 Å². The second-order valence-electron chi connectivity index (χ2n) is 7.05. The highest BCUT2D eigenvalue weighted by Crippen LogP contribution is 2.30. The molecule has 160 valence electrons. The van der Waals surface area contributed by atoms with Crippen LogP contribution >= 0.6 is 0 Å². The molecule has 0 aliphatic heterocycles. The van der Waals surface area contributed by atoms with Gasteiger partial charge in [0.05, 0.1) is 23.3 Å². The van der Waals surface area contributed by atoms with E-state index in [1.165, 1.54) is 0 Å². The first-order valence-electron chi connectivity index (χ1n) is 10.2. The summed E-state index contributed by atoms with van der Waals surface area (Å²) in [5.41, 5.74) is 3.28. The van der Waals surface area contributed by atoms with Crippen LogP contribution in [0.3, 0.4) is 0 Å². The molecule has 2 N–H and O–H groups in total. The summed E-state index contributed by atoms with van der Waals surface area (Å²) in [5.74, 6) is -1.44. The van der Waals surface area contributed by atoms with Crippen LogP contribution in [0.25, 0.3) is 22.2 Å². The Morgan fingerprint density at radius 1 is 0.935 bits per heavy atom. The molecule has 0 saturated carbocycles. The van der Waals surface area contributed by atoms with E-state index < -0.39 is 18.5 Å². The first-order chi connectivity index (χ1) is 15.0. The van der Waals surface area contributed by atoms with Crippen LogP contribution in [-0.4, -0.2) is 42.5 Å². The van der Waals surface area contributed by atoms with Crippen LogP contribution in [0.15, 0.2) is 54.6 Å². The van der Waals surface area contributed by atoms with Crippen molar-refractivity contribution in [3.8, 4) is 11.3 Å². The Labute approximate surface area is 180 Å². The Kier molecular flexibility index (Phi) is 7.32. The number of carbonyl (C=O) groups excluding carboxylic acids is 3. The van der Waals surface area contributed by atoms with Crippen molar-refractivity contribution in [1.82, 2.24) is 15.6 Å². The Bertz CT molecular complexity index is 1100. The molecular formula is C24H25N3O4. The average Bonchev–Trinajstić information content (AvgIpc) is 2.80. The van der Waals surface area contributed by atoms with Gasteiger partial charge in [-0.2, -0.15) is 0 Å². The summed E-state index contributed by atoms with van der Waals surface area (Å²) in [7, 11) is 0. The molecule has 0 radical (unpaired) electrons. The molecule has 0 unspecified atom stereocenters. The van der Waals surface area contributed by atoms with Gasteiger partial charge in [-0.1, -0.05) is 55.5 Å². The molecule has 31 heavy (non-hydrogen) atoms. The molecule has 2 amide bonds. The highest BCUT2D eigenvalue weighted by molar-refractivity contribution is 6.07. The van der Waals surface area contributed by atoms with Gasteiger partial charge in [0.2, 0.25) is 5.91 Å². The van der Waals surface area contributed by atoms with Gasteiger partial charge in [0.1, 0.15) is 0 Å². The topological polar surface area (TPSA) is 97.4 Å². The number of pyridine rings is 1. The molecule has 2 aromatic carbocycles. The minimum Gasteiger partial charge on any atom is -0.452 e. The van der Waals surface area contributed by atoms with Gasteiger partial charge in [0.25, 0.3) is 5.91 Å². The van der Waals surface area contributed by atoms with E-state index in [1.54, 1.807) is 6.07 Å². The molecule has 3 aromatic rings. The van der Waals surface area contributed by atoms with E-state index in [1.807, 2.05) is 62.4 Å². The third kappa shape index (κ3) is 5.45. The molecule has 3 rings (SSSR count). The summed E-state index contributed by atoms with van der Waals surface area (Å²) in [4.78, 5) is 41.3. The number of hydrogen-bond donors (Lipinski definition) is 2. The molecule has 0 atom stereocenters. The number of ether oxygens (including phenoxy) is 1. The van der Waals surface area contributed by atoms with Crippen molar-refractivity contribution in [2.45, 2.75) is 20.3 Å². The van der Waals surface area contributed by atoms with E-state index in [2.05, 4.69) is 10.6 Å². The number of esters is 1. The number of aromatic nitrogens is 1. The summed E-state index contributed by atoms with van der Waals surface area (Å²) in [6.45, 7) is 3.66. The summed E-state index contributed by atoms with van der Waals surface area (Å²) in [6, 6.07) is 16.9. The van der Waals surface area contributed by atoms with Gasteiger partial charge in [-0.25, -0.2) is 9.78 Å². The molecule has 1 heterocycles. The van der Waals surface area contributed by atoms with Crippen molar-refractivity contribution in [2.75, 3.05) is 19.7 Å². The number of rotatable bonds is 8. The van der Waals surface area contributed by atoms with Crippen LogP contribution in [-0.2, 0) is 14.3 Å². The van der Waals surface area contributed by atoms with Gasteiger partial charge in [-0.3, -0.25) is 9.59 Å². The number of para-hydroxylation sites is 1. The van der Waals surface area contributed by atoms with Crippen LogP contribution in [0.2, 0.25) is 0 Å². The standard InChI is InChI=1S/C24H25N3O4/c1-3-13-25-20(28)14-26-21(29)15-31-24(30)22-16(2)23(17-9-5-4-6-10-17)27-19-12-8-7-11-18(19)22/h4-12H,3,13-15H2,1-2H3,(H,25,28)(H,26,29). The molecule has 0 aliphatic rings. The molecule has 7 heteroatoms. The number of benzene rings is 2. The molecule has 0 bridgehead atoms. The molecule has 0 fully saturated rings. The summed E-state index contributed by atoms with van der Waals surface area (Å²) >= 11 is 0. The monoisotopic (exact) mass is 419 g/mol. The molecule has 0 spiro atoms. The van der Waals surface area contributed by atoms with Crippen LogP contribution in [0, 0.1) is 6.92 Å². The third-order valence-corrected chi connectivity index (χ3v) is 4.74. The van der Waals surface area contributed by atoms with Crippen molar-refractivity contribution in [1.29, 1.82) is 0 Å². The third-order valence-electron chi connectivity index (χ3n) is 4.74. The fourth-order valence-electron chi connectivity index (χ4n) is 3.21. The van der Waals surface area contributed by atoms with Gasteiger partial charge in [0, 0.05) is 17.5 Å². The SMILES string of the molecule is CCCNC(=O)CNC(=O)COC(=O)c1c(C)c(-c2ccccc2)nc2ccccc12. The number of amides is 2. The zero-order chi connectivity index (χ0) is 22.2. The Morgan fingerprint density at radius 2 is 1.65 bits per heavy atom. The minimum atomic E-state index is -0.612. The molecular weight excluding hydrogens is 394 g/mol. The van der Waals surface area contributed by atoms with Crippen molar-refractivity contribution in [3.05, 3.63) is 65.7 Å². The van der Waals surface area contributed by atoms with E-state index in [4.69, 9.17) is 9.72 Å². The van der Waals surface area contributed by atoms with E-state index in [0.29, 0.717) is 34.3 Å². The quantitative estimate of drug-likeness (QED) is 0.547. The second kappa shape index (κ2) is 10.3. The maximum atomic E-state index is 12.9. The maximum absolute atomic E-state index is 12.9. The fraction of sp³-hybridized carbons (Fsp3) is 0.250. The Balaban J connectivity index is 1.78. The van der Waals surface area contributed by atoms with Crippen molar-refractivity contribution in [2.24, 2.45) is 0 Å². The lowest BCUT2D eigenvalue weighted by molar-refractivity contribution is -0.127. The van der Waals surface area contributed by atoms with Gasteiger partial charge < -0.3 is 15.4 Å². The van der Waals surface area contributed by atoms with Crippen molar-refractivity contribution < 1.29 is 19.1 Å². The minimum absolute atomic E-state index is 0.161. The molecule has 0 saturated heterocycles. The predicted octanol–water partition coefficient (Wildman–Crippen LogP) is 3.01. The van der Waals surface area contributed by atoms with Crippen LogP contribution in [0.1, 0.15) is 29.3 Å². The lowest BCUT2D eigenvalue weighted by Crippen LogP contribution is -2.39. The largest absolute Gasteiger partial charge is 0.452 e. The van der Waals surface area contributed by atoms with Gasteiger partial charge in [-0.15, -0.1) is 0 Å². The second-order valence-corrected chi connectivity index (χ2v) is 7.05. The van der Waals surface area contributed by atoms with Crippen molar-refractivity contribution >= 4 is 28.7 Å². The number of hydrogen-bond acceptors (Lipinski definition) is 5. The normalized spacial score (nSPS) is 10.5. The van der Waals surface area contributed by atoms with Crippen LogP contribution in [0.5, 0.6) is 0 Å². The van der Waals surface area contributed by atoms with E-state index in [9.17, 15) is 14.4 Å². The summed E-state index contributed by atoms with van der Waals surface area (Å²) < 4.78 is 5.27. The lowest BCUT2D eigenvalue weighted by Gasteiger charge is -2.14. The number of nitrogens with zero attached hydrogens (tertiary/aromatic N) is 1. The Morgan fingerprint density at radius 3 is 2.39 bits per heavy atom.